The van der Waals surface area contributed by atoms with E-state index < -0.39 is 0 Å². The molecule has 4 rings (SSSR count). The van der Waals surface area contributed by atoms with Gasteiger partial charge in [0.05, 0.1) is 18.2 Å². The third-order valence-corrected chi connectivity index (χ3v) is 4.62. The minimum atomic E-state index is 0.253. The van der Waals surface area contributed by atoms with E-state index in [0.29, 0.717) is 12.0 Å². The summed E-state index contributed by atoms with van der Waals surface area (Å²) in [7, 11) is 0. The van der Waals surface area contributed by atoms with Crippen LogP contribution in [0.15, 0.2) is 12.5 Å². The van der Waals surface area contributed by atoms with Gasteiger partial charge in [-0.2, -0.15) is 0 Å². The molecule has 0 spiro atoms. The molecule has 3 aliphatic rings. The predicted molar refractivity (Wildman–Crippen MR) is 72.9 cm³/mol. The van der Waals surface area contributed by atoms with E-state index in [9.17, 15) is 0 Å². The van der Waals surface area contributed by atoms with Gasteiger partial charge in [0, 0.05) is 31.2 Å². The van der Waals surface area contributed by atoms with Gasteiger partial charge in [-0.3, -0.25) is 0 Å². The van der Waals surface area contributed by atoms with Crippen LogP contribution >= 0.6 is 0 Å². The van der Waals surface area contributed by atoms with E-state index in [1.165, 1.54) is 44.2 Å². The molecular weight excluding hydrogens is 238 g/mol. The van der Waals surface area contributed by atoms with Crippen molar-refractivity contribution in [2.45, 2.75) is 56.7 Å². The number of hydrogen-bond acceptors (Lipinski definition) is 3. The van der Waals surface area contributed by atoms with Crippen molar-refractivity contribution in [3.05, 3.63) is 18.2 Å². The molecule has 2 heterocycles. The van der Waals surface area contributed by atoms with Crippen molar-refractivity contribution in [2.75, 3.05) is 13.2 Å². The number of aromatic nitrogens is 2. The monoisotopic (exact) mass is 261 g/mol. The van der Waals surface area contributed by atoms with Crippen LogP contribution in [0.25, 0.3) is 0 Å². The number of imidazole rings is 1. The molecule has 0 radical (unpaired) electrons. The van der Waals surface area contributed by atoms with Crippen molar-refractivity contribution in [2.24, 2.45) is 5.92 Å². The van der Waals surface area contributed by atoms with E-state index in [-0.39, 0.29) is 6.10 Å². The standard InChI is InChI=1S/C15H23N3O/c1-2-11(8-17-12-3-4-12)15(19-7-1)14-9-16-10-18(14)13-5-6-13/h9-13,15,17H,1-8H2. The predicted octanol–water partition coefficient (Wildman–Crippen LogP) is 2.44. The third kappa shape index (κ3) is 2.56. The largest absolute Gasteiger partial charge is 0.372 e. The van der Waals surface area contributed by atoms with Gasteiger partial charge in [-0.25, -0.2) is 4.98 Å². The molecule has 1 aromatic rings. The first-order valence-electron chi connectivity index (χ1n) is 7.78. The summed E-state index contributed by atoms with van der Waals surface area (Å²) in [5, 5.41) is 3.67. The normalized spacial score (nSPS) is 31.6. The molecule has 0 bridgehead atoms. The second kappa shape index (κ2) is 4.91. The molecule has 4 heteroatoms. The van der Waals surface area contributed by atoms with Crippen molar-refractivity contribution in [3.63, 3.8) is 0 Å². The number of ether oxygens (including phenoxy) is 1. The van der Waals surface area contributed by atoms with Crippen molar-refractivity contribution in [1.29, 1.82) is 0 Å². The molecule has 0 aromatic carbocycles. The first-order chi connectivity index (χ1) is 9.42. The molecule has 1 saturated heterocycles. The van der Waals surface area contributed by atoms with Crippen molar-refractivity contribution >= 4 is 0 Å². The Morgan fingerprint density at radius 3 is 2.95 bits per heavy atom. The fourth-order valence-corrected chi connectivity index (χ4v) is 3.18. The molecule has 1 aromatic heterocycles. The van der Waals surface area contributed by atoms with Gasteiger partial charge in [-0.15, -0.1) is 0 Å². The molecule has 2 aliphatic carbocycles. The maximum Gasteiger partial charge on any atom is 0.103 e. The van der Waals surface area contributed by atoms with Crippen molar-refractivity contribution in [3.8, 4) is 0 Å². The first-order valence-corrected chi connectivity index (χ1v) is 7.78. The number of nitrogens with zero attached hydrogens (tertiary/aromatic N) is 2. The average molecular weight is 261 g/mol. The van der Waals surface area contributed by atoms with Gasteiger partial charge < -0.3 is 14.6 Å². The smallest absolute Gasteiger partial charge is 0.103 e. The molecule has 1 aliphatic heterocycles. The lowest BCUT2D eigenvalue weighted by atomic mass is 9.92. The second-order valence-electron chi connectivity index (χ2n) is 6.33. The molecular formula is C15H23N3O. The van der Waals surface area contributed by atoms with E-state index >= 15 is 0 Å². The highest BCUT2D eigenvalue weighted by molar-refractivity contribution is 5.09. The summed E-state index contributed by atoms with van der Waals surface area (Å²) >= 11 is 0. The van der Waals surface area contributed by atoms with E-state index in [2.05, 4.69) is 14.9 Å². The highest BCUT2D eigenvalue weighted by Gasteiger charge is 2.34. The van der Waals surface area contributed by atoms with Gasteiger partial charge in [0.15, 0.2) is 0 Å². The summed E-state index contributed by atoms with van der Waals surface area (Å²) in [6.07, 6.45) is 12.1. The molecule has 1 N–H and O–H groups in total. The van der Waals surface area contributed by atoms with Crippen LogP contribution in [0.1, 0.15) is 56.4 Å². The van der Waals surface area contributed by atoms with E-state index in [1.807, 2.05) is 12.5 Å². The summed E-state index contributed by atoms with van der Waals surface area (Å²) in [6, 6.07) is 1.48. The number of nitrogens with one attached hydrogen (secondary N) is 1. The molecule has 2 unspecified atom stereocenters. The first kappa shape index (κ1) is 11.9. The Hall–Kier alpha value is -0.870. The molecule has 0 amide bonds. The van der Waals surface area contributed by atoms with E-state index in [4.69, 9.17) is 4.74 Å². The Morgan fingerprint density at radius 2 is 2.16 bits per heavy atom. The van der Waals surface area contributed by atoms with Crippen LogP contribution < -0.4 is 5.32 Å². The quantitative estimate of drug-likeness (QED) is 0.885. The minimum absolute atomic E-state index is 0.253. The van der Waals surface area contributed by atoms with Crippen LogP contribution in [0, 0.1) is 5.92 Å². The summed E-state index contributed by atoms with van der Waals surface area (Å²) in [5.41, 5.74) is 1.31. The highest BCUT2D eigenvalue weighted by Crippen LogP contribution is 2.40. The van der Waals surface area contributed by atoms with Crippen LogP contribution in [0.5, 0.6) is 0 Å². The minimum Gasteiger partial charge on any atom is -0.372 e. The van der Waals surface area contributed by atoms with Gasteiger partial charge in [-0.1, -0.05) is 0 Å². The molecule has 104 valence electrons. The number of hydrogen-bond donors (Lipinski definition) is 1. The summed E-state index contributed by atoms with van der Waals surface area (Å²) in [6.45, 7) is 2.01. The maximum absolute atomic E-state index is 6.11. The van der Waals surface area contributed by atoms with Gasteiger partial charge in [-0.05, 0) is 38.5 Å². The summed E-state index contributed by atoms with van der Waals surface area (Å²) in [4.78, 5) is 4.36. The van der Waals surface area contributed by atoms with Gasteiger partial charge >= 0.3 is 0 Å². The SMILES string of the molecule is c1ncn(C2CC2)c1C1OCCCC1CNC1CC1. The fraction of sp³-hybridized carbons (Fsp3) is 0.800. The second-order valence-corrected chi connectivity index (χ2v) is 6.33. The molecule has 2 atom stereocenters. The molecule has 4 nitrogen and oxygen atoms in total. The van der Waals surface area contributed by atoms with Gasteiger partial charge in [0.2, 0.25) is 0 Å². The van der Waals surface area contributed by atoms with E-state index in [1.54, 1.807) is 0 Å². The van der Waals surface area contributed by atoms with Crippen molar-refractivity contribution in [1.82, 2.24) is 14.9 Å². The molecule has 3 fully saturated rings. The van der Waals surface area contributed by atoms with Crippen molar-refractivity contribution < 1.29 is 4.74 Å². The number of rotatable bonds is 5. The Bertz CT molecular complexity index is 436. The van der Waals surface area contributed by atoms with Crippen LogP contribution in [0.4, 0.5) is 0 Å². The Kier molecular flexibility index (Phi) is 3.08. The topological polar surface area (TPSA) is 39.1 Å². The summed E-state index contributed by atoms with van der Waals surface area (Å²) in [5.74, 6) is 0.614. The average Bonchev–Trinajstić information content (AvgIpc) is 3.37. The fourth-order valence-electron chi connectivity index (χ4n) is 3.18. The maximum atomic E-state index is 6.11. The zero-order valence-corrected chi connectivity index (χ0v) is 11.4. The zero-order valence-electron chi connectivity index (χ0n) is 11.4. The highest BCUT2D eigenvalue weighted by atomic mass is 16.5. The lowest BCUT2D eigenvalue weighted by molar-refractivity contribution is -0.0323. The van der Waals surface area contributed by atoms with Crippen LogP contribution in [0.2, 0.25) is 0 Å². The van der Waals surface area contributed by atoms with Crippen LogP contribution in [0.3, 0.4) is 0 Å². The Morgan fingerprint density at radius 1 is 1.26 bits per heavy atom. The lowest BCUT2D eigenvalue weighted by Crippen LogP contribution is -2.33. The zero-order chi connectivity index (χ0) is 12.7. The van der Waals surface area contributed by atoms with Gasteiger partial charge in [0.25, 0.3) is 0 Å². The summed E-state index contributed by atoms with van der Waals surface area (Å²) < 4.78 is 8.47. The van der Waals surface area contributed by atoms with E-state index in [0.717, 1.165) is 19.2 Å². The third-order valence-electron chi connectivity index (χ3n) is 4.62. The Labute approximate surface area is 114 Å². The lowest BCUT2D eigenvalue weighted by Gasteiger charge is -2.32. The van der Waals surface area contributed by atoms with Gasteiger partial charge in [0.1, 0.15) is 6.10 Å². The van der Waals surface area contributed by atoms with Crippen LogP contribution in [-0.4, -0.2) is 28.7 Å². The molecule has 19 heavy (non-hydrogen) atoms. The van der Waals surface area contributed by atoms with Crippen LogP contribution in [-0.2, 0) is 4.74 Å². The Balaban J connectivity index is 1.50. The molecule has 2 saturated carbocycles.